The molecule has 0 bridgehead atoms. The molecule has 11 heavy (non-hydrogen) atoms. The Labute approximate surface area is 66.6 Å². The summed E-state index contributed by atoms with van der Waals surface area (Å²) in [7, 11) is 0. The van der Waals surface area contributed by atoms with Crippen LogP contribution >= 0.6 is 0 Å². The van der Waals surface area contributed by atoms with Crippen LogP contribution in [0.4, 0.5) is 0 Å². The second-order valence-corrected chi connectivity index (χ2v) is 2.49. The van der Waals surface area contributed by atoms with Crippen LogP contribution in [0, 0.1) is 6.92 Å². The summed E-state index contributed by atoms with van der Waals surface area (Å²) in [4.78, 5) is 4.22. The lowest BCUT2D eigenvalue weighted by Gasteiger charge is -1.92. The highest BCUT2D eigenvalue weighted by Gasteiger charge is 2.06. The molecule has 0 aliphatic heterocycles. The third kappa shape index (κ3) is 1.80. The van der Waals surface area contributed by atoms with Crippen molar-refractivity contribution in [3.8, 4) is 0 Å². The molecule has 2 N–H and O–H groups in total. The third-order valence-corrected chi connectivity index (χ3v) is 1.59. The monoisotopic (exact) mass is 154 g/mol. The van der Waals surface area contributed by atoms with E-state index in [-0.39, 0.29) is 0 Å². The molecule has 0 saturated carbocycles. The number of hydrogen-bond acceptors (Lipinski definition) is 3. The van der Waals surface area contributed by atoms with E-state index in [1.54, 1.807) is 0 Å². The van der Waals surface area contributed by atoms with Gasteiger partial charge in [-0.05, 0) is 6.54 Å². The lowest BCUT2D eigenvalue weighted by molar-refractivity contribution is 0.478. The maximum Gasteiger partial charge on any atom is 0.191 e. The number of hydrogen-bond donors (Lipinski definition) is 1. The van der Waals surface area contributed by atoms with Gasteiger partial charge in [-0.1, -0.05) is 6.92 Å². The zero-order valence-corrected chi connectivity index (χ0v) is 7.05. The summed E-state index contributed by atoms with van der Waals surface area (Å²) in [6.07, 6.45) is 1.72. The summed E-state index contributed by atoms with van der Waals surface area (Å²) in [5.41, 5.74) is 6.43. The number of aromatic nitrogens is 1. The minimum absolute atomic E-state index is 0.638. The van der Waals surface area contributed by atoms with Gasteiger partial charge in [0.2, 0.25) is 0 Å². The van der Waals surface area contributed by atoms with Crippen molar-refractivity contribution in [2.45, 2.75) is 26.7 Å². The molecule has 1 rings (SSSR count). The fourth-order valence-electron chi connectivity index (χ4n) is 1.12. The van der Waals surface area contributed by atoms with Gasteiger partial charge in [-0.3, -0.25) is 0 Å². The van der Waals surface area contributed by atoms with E-state index in [2.05, 4.69) is 11.9 Å². The van der Waals surface area contributed by atoms with Gasteiger partial charge in [-0.25, -0.2) is 4.98 Å². The molecule has 1 aromatic rings. The lowest BCUT2D eigenvalue weighted by atomic mass is 10.2. The molecule has 0 aliphatic rings. The van der Waals surface area contributed by atoms with Crippen molar-refractivity contribution in [3.63, 3.8) is 0 Å². The van der Waals surface area contributed by atoms with Crippen LogP contribution in [-0.2, 0) is 12.8 Å². The summed E-state index contributed by atoms with van der Waals surface area (Å²) < 4.78 is 5.35. The summed E-state index contributed by atoms with van der Waals surface area (Å²) >= 11 is 0. The Balaban J connectivity index is 2.83. The van der Waals surface area contributed by atoms with Crippen LogP contribution in [0.2, 0.25) is 0 Å². The normalized spacial score (nSPS) is 10.5. The number of aryl methyl sites for hydroxylation is 2. The maximum absolute atomic E-state index is 5.41. The Morgan fingerprint density at radius 1 is 1.55 bits per heavy atom. The molecule has 0 radical (unpaired) electrons. The van der Waals surface area contributed by atoms with Crippen molar-refractivity contribution in [3.05, 3.63) is 17.3 Å². The Kier molecular flexibility index (Phi) is 2.65. The highest BCUT2D eigenvalue weighted by molar-refractivity contribution is 5.09. The molecule has 0 atom stereocenters. The standard InChI is InChI=1S/C8H14N2O/c1-3-8-7(4-5-9)10-6(2)11-8/h3-5,9H2,1-2H3. The number of nitrogens with two attached hydrogens (primary N) is 1. The van der Waals surface area contributed by atoms with Gasteiger partial charge >= 0.3 is 0 Å². The van der Waals surface area contributed by atoms with E-state index < -0.39 is 0 Å². The van der Waals surface area contributed by atoms with Gasteiger partial charge in [0.05, 0.1) is 5.69 Å². The quantitative estimate of drug-likeness (QED) is 0.707. The molecule has 0 saturated heterocycles. The van der Waals surface area contributed by atoms with Crippen molar-refractivity contribution in [1.82, 2.24) is 4.98 Å². The van der Waals surface area contributed by atoms with E-state index >= 15 is 0 Å². The van der Waals surface area contributed by atoms with E-state index in [1.165, 1.54) is 0 Å². The van der Waals surface area contributed by atoms with Gasteiger partial charge in [0.15, 0.2) is 5.89 Å². The Morgan fingerprint density at radius 2 is 2.27 bits per heavy atom. The predicted octanol–water partition coefficient (Wildman–Crippen LogP) is 1.05. The minimum atomic E-state index is 0.638. The number of oxazole rings is 1. The Hall–Kier alpha value is -0.830. The minimum Gasteiger partial charge on any atom is -0.446 e. The van der Waals surface area contributed by atoms with Gasteiger partial charge < -0.3 is 10.2 Å². The van der Waals surface area contributed by atoms with Crippen molar-refractivity contribution in [2.24, 2.45) is 5.73 Å². The van der Waals surface area contributed by atoms with Crippen LogP contribution in [0.25, 0.3) is 0 Å². The van der Waals surface area contributed by atoms with Gasteiger partial charge in [-0.15, -0.1) is 0 Å². The molecule has 1 heterocycles. The van der Waals surface area contributed by atoms with Crippen molar-refractivity contribution < 1.29 is 4.42 Å². The molecule has 0 amide bonds. The fraction of sp³-hybridized carbons (Fsp3) is 0.625. The molecular formula is C8H14N2O. The van der Waals surface area contributed by atoms with E-state index in [4.69, 9.17) is 10.2 Å². The molecular weight excluding hydrogens is 140 g/mol. The summed E-state index contributed by atoms with van der Waals surface area (Å²) in [6, 6.07) is 0. The van der Waals surface area contributed by atoms with Gasteiger partial charge in [0.1, 0.15) is 5.76 Å². The third-order valence-electron chi connectivity index (χ3n) is 1.59. The van der Waals surface area contributed by atoms with Crippen molar-refractivity contribution >= 4 is 0 Å². The Bertz CT molecular complexity index is 230. The van der Waals surface area contributed by atoms with Crippen LogP contribution in [0.5, 0.6) is 0 Å². The zero-order valence-electron chi connectivity index (χ0n) is 7.05. The molecule has 62 valence electrons. The second kappa shape index (κ2) is 3.53. The van der Waals surface area contributed by atoms with Crippen LogP contribution in [0.15, 0.2) is 4.42 Å². The molecule has 0 aromatic carbocycles. The average molecular weight is 154 g/mol. The summed E-state index contributed by atoms with van der Waals surface area (Å²) in [6.45, 7) is 4.55. The highest BCUT2D eigenvalue weighted by Crippen LogP contribution is 2.10. The van der Waals surface area contributed by atoms with E-state index in [9.17, 15) is 0 Å². The smallest absolute Gasteiger partial charge is 0.191 e. The van der Waals surface area contributed by atoms with Crippen LogP contribution in [-0.4, -0.2) is 11.5 Å². The van der Waals surface area contributed by atoms with E-state index in [0.29, 0.717) is 6.54 Å². The molecule has 0 unspecified atom stereocenters. The molecule has 0 spiro atoms. The first-order valence-corrected chi connectivity index (χ1v) is 3.93. The van der Waals surface area contributed by atoms with Gasteiger partial charge in [0.25, 0.3) is 0 Å². The van der Waals surface area contributed by atoms with Crippen LogP contribution in [0.3, 0.4) is 0 Å². The molecule has 0 fully saturated rings. The molecule has 3 heteroatoms. The van der Waals surface area contributed by atoms with Crippen molar-refractivity contribution in [1.29, 1.82) is 0 Å². The van der Waals surface area contributed by atoms with Crippen LogP contribution < -0.4 is 5.73 Å². The average Bonchev–Trinajstić information content (AvgIpc) is 2.32. The molecule has 1 aromatic heterocycles. The number of rotatable bonds is 3. The highest BCUT2D eigenvalue weighted by atomic mass is 16.4. The maximum atomic E-state index is 5.41. The van der Waals surface area contributed by atoms with Crippen LogP contribution in [0.1, 0.15) is 24.3 Å². The fourth-order valence-corrected chi connectivity index (χ4v) is 1.12. The second-order valence-electron chi connectivity index (χ2n) is 2.49. The summed E-state index contributed by atoms with van der Waals surface area (Å²) in [5, 5.41) is 0. The first-order valence-electron chi connectivity index (χ1n) is 3.93. The first kappa shape index (κ1) is 8.27. The molecule has 3 nitrogen and oxygen atoms in total. The SMILES string of the molecule is CCc1oc(C)nc1CCN. The van der Waals surface area contributed by atoms with Gasteiger partial charge in [0, 0.05) is 19.8 Å². The van der Waals surface area contributed by atoms with Crippen molar-refractivity contribution in [2.75, 3.05) is 6.54 Å². The van der Waals surface area contributed by atoms with Gasteiger partial charge in [-0.2, -0.15) is 0 Å². The zero-order chi connectivity index (χ0) is 8.27. The first-order chi connectivity index (χ1) is 5.27. The number of nitrogens with zero attached hydrogens (tertiary/aromatic N) is 1. The predicted molar refractivity (Wildman–Crippen MR) is 43.4 cm³/mol. The summed E-state index contributed by atoms with van der Waals surface area (Å²) in [5.74, 6) is 1.72. The largest absolute Gasteiger partial charge is 0.446 e. The van der Waals surface area contributed by atoms with E-state index in [1.807, 2.05) is 6.92 Å². The Morgan fingerprint density at radius 3 is 2.82 bits per heavy atom. The lowest BCUT2D eigenvalue weighted by Crippen LogP contribution is -2.04. The molecule has 0 aliphatic carbocycles. The topological polar surface area (TPSA) is 52.0 Å². The van der Waals surface area contributed by atoms with E-state index in [0.717, 1.165) is 30.2 Å².